The fraction of sp³-hybridized carbons (Fsp3) is 0.310. The van der Waals surface area contributed by atoms with Crippen molar-refractivity contribution in [1.82, 2.24) is 5.32 Å². The van der Waals surface area contributed by atoms with Gasteiger partial charge in [0, 0.05) is 44.0 Å². The standard InChI is InChI=1S/C29H34N4O3/c1-4-28(34)31-23-14-15-25(24(20-23)29(35)30-21(2)22-10-6-5-7-11-22)32-16-18-33(19-17-32)26-12-8-9-13-27(26)36-3/h5-15,20-21H,4,16-19H2,1-3H3,(H,30,35)(H,31,34). The molecule has 3 aromatic carbocycles. The van der Waals surface area contributed by atoms with Crippen LogP contribution in [-0.4, -0.2) is 45.1 Å². The average Bonchev–Trinajstić information content (AvgIpc) is 2.93. The van der Waals surface area contributed by atoms with Gasteiger partial charge in [-0.2, -0.15) is 0 Å². The summed E-state index contributed by atoms with van der Waals surface area (Å²) < 4.78 is 5.55. The van der Waals surface area contributed by atoms with E-state index in [1.54, 1.807) is 20.1 Å². The van der Waals surface area contributed by atoms with E-state index in [0.29, 0.717) is 17.7 Å². The molecular weight excluding hydrogens is 452 g/mol. The maximum absolute atomic E-state index is 13.5. The van der Waals surface area contributed by atoms with Crippen molar-refractivity contribution in [3.8, 4) is 5.75 Å². The predicted molar refractivity (Wildman–Crippen MR) is 145 cm³/mol. The summed E-state index contributed by atoms with van der Waals surface area (Å²) >= 11 is 0. The Labute approximate surface area is 213 Å². The van der Waals surface area contributed by atoms with Crippen molar-refractivity contribution in [2.24, 2.45) is 0 Å². The first-order valence-corrected chi connectivity index (χ1v) is 12.4. The van der Waals surface area contributed by atoms with E-state index in [1.807, 2.05) is 67.6 Å². The number of amides is 2. The summed E-state index contributed by atoms with van der Waals surface area (Å²) in [5.41, 5.74) is 4.15. The number of piperazine rings is 1. The molecule has 3 aromatic rings. The van der Waals surface area contributed by atoms with Crippen LogP contribution < -0.4 is 25.2 Å². The molecule has 1 aliphatic rings. The van der Waals surface area contributed by atoms with Crippen molar-refractivity contribution in [2.75, 3.05) is 48.4 Å². The zero-order valence-corrected chi connectivity index (χ0v) is 21.2. The number of methoxy groups -OCH3 is 1. The maximum Gasteiger partial charge on any atom is 0.253 e. The molecule has 0 saturated carbocycles. The molecular formula is C29H34N4O3. The second-order valence-corrected chi connectivity index (χ2v) is 8.89. The van der Waals surface area contributed by atoms with Crippen molar-refractivity contribution >= 4 is 28.9 Å². The third-order valence-corrected chi connectivity index (χ3v) is 6.54. The summed E-state index contributed by atoms with van der Waals surface area (Å²) in [6.45, 7) is 6.90. The number of rotatable bonds is 8. The van der Waals surface area contributed by atoms with Crippen LogP contribution in [0.2, 0.25) is 0 Å². The first-order chi connectivity index (χ1) is 17.5. The van der Waals surface area contributed by atoms with Gasteiger partial charge in [-0.25, -0.2) is 0 Å². The normalized spacial score (nSPS) is 14.2. The monoisotopic (exact) mass is 486 g/mol. The molecule has 7 nitrogen and oxygen atoms in total. The van der Waals surface area contributed by atoms with E-state index >= 15 is 0 Å². The van der Waals surface area contributed by atoms with Crippen molar-refractivity contribution in [2.45, 2.75) is 26.3 Å². The van der Waals surface area contributed by atoms with E-state index in [9.17, 15) is 9.59 Å². The van der Waals surface area contributed by atoms with E-state index in [-0.39, 0.29) is 17.9 Å². The Morgan fingerprint density at radius 1 is 0.889 bits per heavy atom. The Morgan fingerprint density at radius 2 is 1.53 bits per heavy atom. The van der Waals surface area contributed by atoms with E-state index in [4.69, 9.17) is 4.74 Å². The van der Waals surface area contributed by atoms with Crippen molar-refractivity contribution in [3.05, 3.63) is 83.9 Å². The Bertz CT molecular complexity index is 1190. The van der Waals surface area contributed by atoms with Crippen LogP contribution in [-0.2, 0) is 4.79 Å². The minimum absolute atomic E-state index is 0.0859. The molecule has 7 heteroatoms. The second kappa shape index (κ2) is 11.6. The first kappa shape index (κ1) is 25.1. The van der Waals surface area contributed by atoms with E-state index in [2.05, 4.69) is 26.5 Å². The van der Waals surface area contributed by atoms with Gasteiger partial charge < -0.3 is 25.2 Å². The molecule has 2 N–H and O–H groups in total. The van der Waals surface area contributed by atoms with Crippen LogP contribution in [0, 0.1) is 0 Å². The average molecular weight is 487 g/mol. The lowest BCUT2D eigenvalue weighted by atomic mass is 10.1. The van der Waals surface area contributed by atoms with Gasteiger partial charge in [0.1, 0.15) is 5.75 Å². The molecule has 1 saturated heterocycles. The third-order valence-electron chi connectivity index (χ3n) is 6.54. The Hall–Kier alpha value is -4.00. The van der Waals surface area contributed by atoms with Gasteiger partial charge in [-0.3, -0.25) is 9.59 Å². The molecule has 188 valence electrons. The van der Waals surface area contributed by atoms with Crippen LogP contribution >= 0.6 is 0 Å². The zero-order valence-electron chi connectivity index (χ0n) is 21.2. The Balaban J connectivity index is 1.56. The highest BCUT2D eigenvalue weighted by atomic mass is 16.5. The highest BCUT2D eigenvalue weighted by molar-refractivity contribution is 6.02. The molecule has 2 amide bonds. The topological polar surface area (TPSA) is 73.9 Å². The number of hydrogen-bond donors (Lipinski definition) is 2. The summed E-state index contributed by atoms with van der Waals surface area (Å²) in [7, 11) is 1.69. The van der Waals surface area contributed by atoms with Crippen molar-refractivity contribution < 1.29 is 14.3 Å². The zero-order chi connectivity index (χ0) is 25.5. The van der Waals surface area contributed by atoms with E-state index in [1.165, 1.54) is 0 Å². The highest BCUT2D eigenvalue weighted by Crippen LogP contribution is 2.31. The van der Waals surface area contributed by atoms with Gasteiger partial charge in [-0.1, -0.05) is 49.4 Å². The van der Waals surface area contributed by atoms with Crippen molar-refractivity contribution in [1.29, 1.82) is 0 Å². The lowest BCUT2D eigenvalue weighted by molar-refractivity contribution is -0.115. The Kier molecular flexibility index (Phi) is 8.10. The molecule has 1 fully saturated rings. The number of hydrogen-bond acceptors (Lipinski definition) is 5. The first-order valence-electron chi connectivity index (χ1n) is 12.4. The number of para-hydroxylation sites is 2. The van der Waals surface area contributed by atoms with Gasteiger partial charge in [0.15, 0.2) is 0 Å². The van der Waals surface area contributed by atoms with Gasteiger partial charge in [-0.05, 0) is 42.8 Å². The fourth-order valence-electron chi connectivity index (χ4n) is 4.50. The number of carbonyl (C=O) groups is 2. The summed E-state index contributed by atoms with van der Waals surface area (Å²) in [5.74, 6) is 0.607. The number of ether oxygens (including phenoxy) is 1. The number of nitrogens with zero attached hydrogens (tertiary/aromatic N) is 2. The molecule has 1 heterocycles. The third kappa shape index (κ3) is 5.79. The van der Waals surface area contributed by atoms with Crippen LogP contribution in [0.1, 0.15) is 42.2 Å². The van der Waals surface area contributed by atoms with Gasteiger partial charge in [0.25, 0.3) is 5.91 Å². The van der Waals surface area contributed by atoms with Crippen LogP contribution in [0.15, 0.2) is 72.8 Å². The van der Waals surface area contributed by atoms with Gasteiger partial charge in [-0.15, -0.1) is 0 Å². The van der Waals surface area contributed by atoms with E-state index in [0.717, 1.165) is 48.9 Å². The molecule has 36 heavy (non-hydrogen) atoms. The maximum atomic E-state index is 13.5. The van der Waals surface area contributed by atoms with Gasteiger partial charge >= 0.3 is 0 Å². The van der Waals surface area contributed by atoms with Crippen LogP contribution in [0.4, 0.5) is 17.1 Å². The summed E-state index contributed by atoms with van der Waals surface area (Å²) in [6.07, 6.45) is 0.374. The molecule has 0 aliphatic carbocycles. The second-order valence-electron chi connectivity index (χ2n) is 8.89. The van der Waals surface area contributed by atoms with E-state index < -0.39 is 0 Å². The molecule has 1 aliphatic heterocycles. The number of benzene rings is 3. The number of anilines is 3. The number of carbonyl (C=O) groups excluding carboxylic acids is 2. The van der Waals surface area contributed by atoms with Gasteiger partial charge in [0.05, 0.1) is 24.4 Å². The smallest absolute Gasteiger partial charge is 0.253 e. The van der Waals surface area contributed by atoms with Crippen LogP contribution in [0.5, 0.6) is 5.75 Å². The molecule has 0 radical (unpaired) electrons. The summed E-state index contributed by atoms with van der Waals surface area (Å²) in [5, 5.41) is 6.01. The summed E-state index contributed by atoms with van der Waals surface area (Å²) in [6, 6.07) is 23.4. The van der Waals surface area contributed by atoms with Crippen LogP contribution in [0.25, 0.3) is 0 Å². The molecule has 0 aromatic heterocycles. The molecule has 0 bridgehead atoms. The van der Waals surface area contributed by atoms with Gasteiger partial charge in [0.2, 0.25) is 5.91 Å². The molecule has 4 rings (SSSR count). The largest absolute Gasteiger partial charge is 0.495 e. The lowest BCUT2D eigenvalue weighted by Gasteiger charge is -2.38. The number of nitrogens with one attached hydrogen (secondary N) is 2. The molecule has 1 unspecified atom stereocenters. The molecule has 1 atom stereocenters. The summed E-state index contributed by atoms with van der Waals surface area (Å²) in [4.78, 5) is 30.0. The minimum atomic E-state index is -0.166. The van der Waals surface area contributed by atoms with Crippen molar-refractivity contribution in [3.63, 3.8) is 0 Å². The SMILES string of the molecule is CCC(=O)Nc1ccc(N2CCN(c3ccccc3OC)CC2)c(C(=O)NC(C)c2ccccc2)c1. The Morgan fingerprint density at radius 3 is 2.19 bits per heavy atom. The minimum Gasteiger partial charge on any atom is -0.495 e. The fourth-order valence-corrected chi connectivity index (χ4v) is 4.50. The quantitative estimate of drug-likeness (QED) is 0.476. The van der Waals surface area contributed by atoms with Crippen LogP contribution in [0.3, 0.4) is 0 Å². The molecule has 0 spiro atoms. The highest BCUT2D eigenvalue weighted by Gasteiger charge is 2.24. The lowest BCUT2D eigenvalue weighted by Crippen LogP contribution is -2.47. The predicted octanol–water partition coefficient (Wildman–Crippen LogP) is 4.86.